The van der Waals surface area contributed by atoms with Crippen LogP contribution in [0.4, 0.5) is 10.1 Å². The van der Waals surface area contributed by atoms with Crippen LogP contribution in [0.2, 0.25) is 0 Å². The fourth-order valence-corrected chi connectivity index (χ4v) is 4.03. The predicted molar refractivity (Wildman–Crippen MR) is 103 cm³/mol. The number of piperazine rings is 1. The van der Waals surface area contributed by atoms with Crippen molar-refractivity contribution >= 4 is 17.5 Å². The Labute approximate surface area is 163 Å². The first-order chi connectivity index (χ1) is 13.6. The number of furan rings is 1. The van der Waals surface area contributed by atoms with Gasteiger partial charge in [-0.05, 0) is 43.2 Å². The Hall–Kier alpha value is -2.83. The van der Waals surface area contributed by atoms with Crippen LogP contribution in [0.15, 0.2) is 47.3 Å². The standard InChI is InChI=1S/C21H24FN3O3/c22-18-3-5-19(6-4-18)23-9-11-24(12-10-23)20(26)16-2-1-8-25(14-16)21(27)17-7-13-28-15-17/h3-7,13,15-16H,1-2,8-12,14H2. The number of carbonyl (C=O) groups excluding carboxylic acids is 2. The van der Waals surface area contributed by atoms with Crippen molar-refractivity contribution in [1.29, 1.82) is 0 Å². The number of hydrogen-bond donors (Lipinski definition) is 0. The lowest BCUT2D eigenvalue weighted by atomic mass is 9.95. The Kier molecular flexibility index (Phi) is 5.32. The van der Waals surface area contributed by atoms with Crippen LogP contribution in [-0.4, -0.2) is 60.9 Å². The molecule has 0 saturated carbocycles. The summed E-state index contributed by atoms with van der Waals surface area (Å²) in [5.74, 6) is -0.345. The molecule has 1 aromatic heterocycles. The molecule has 2 saturated heterocycles. The molecule has 0 bridgehead atoms. The van der Waals surface area contributed by atoms with Crippen LogP contribution >= 0.6 is 0 Å². The third-order valence-electron chi connectivity index (χ3n) is 5.61. The predicted octanol–water partition coefficient (Wildman–Crippen LogP) is 2.62. The highest BCUT2D eigenvalue weighted by Crippen LogP contribution is 2.23. The lowest BCUT2D eigenvalue weighted by Crippen LogP contribution is -2.53. The van der Waals surface area contributed by atoms with E-state index in [1.807, 2.05) is 4.90 Å². The summed E-state index contributed by atoms with van der Waals surface area (Å²) in [4.78, 5) is 31.4. The molecule has 4 rings (SSSR count). The van der Waals surface area contributed by atoms with Crippen LogP contribution in [0.25, 0.3) is 0 Å². The summed E-state index contributed by atoms with van der Waals surface area (Å²) < 4.78 is 18.1. The molecule has 1 unspecified atom stereocenters. The maximum atomic E-state index is 13.1. The van der Waals surface area contributed by atoms with E-state index in [-0.39, 0.29) is 23.5 Å². The summed E-state index contributed by atoms with van der Waals surface area (Å²) in [5, 5.41) is 0. The summed E-state index contributed by atoms with van der Waals surface area (Å²) in [7, 11) is 0. The molecule has 0 spiro atoms. The zero-order chi connectivity index (χ0) is 19.5. The van der Waals surface area contributed by atoms with Crippen LogP contribution in [-0.2, 0) is 4.79 Å². The number of nitrogens with zero attached hydrogens (tertiary/aromatic N) is 3. The quantitative estimate of drug-likeness (QED) is 0.815. The van der Waals surface area contributed by atoms with Crippen molar-refractivity contribution in [3.63, 3.8) is 0 Å². The van der Waals surface area contributed by atoms with Gasteiger partial charge in [0.05, 0.1) is 17.7 Å². The average molecular weight is 385 g/mol. The van der Waals surface area contributed by atoms with Crippen molar-refractivity contribution in [3.8, 4) is 0 Å². The van der Waals surface area contributed by atoms with Crippen LogP contribution in [0.5, 0.6) is 0 Å². The summed E-state index contributed by atoms with van der Waals surface area (Å²) >= 11 is 0. The molecule has 1 atom stereocenters. The van der Waals surface area contributed by atoms with Gasteiger partial charge in [-0.25, -0.2) is 4.39 Å². The van der Waals surface area contributed by atoms with Gasteiger partial charge >= 0.3 is 0 Å². The summed E-state index contributed by atoms with van der Waals surface area (Å²) in [6.45, 7) is 3.86. The van der Waals surface area contributed by atoms with Crippen molar-refractivity contribution in [2.45, 2.75) is 12.8 Å². The first-order valence-electron chi connectivity index (χ1n) is 9.72. The Morgan fingerprint density at radius 2 is 1.71 bits per heavy atom. The monoisotopic (exact) mass is 385 g/mol. The molecular weight excluding hydrogens is 361 g/mol. The summed E-state index contributed by atoms with van der Waals surface area (Å²) in [6.07, 6.45) is 4.57. The van der Waals surface area contributed by atoms with Crippen molar-refractivity contribution in [2.24, 2.45) is 5.92 Å². The SMILES string of the molecule is O=C(c1ccoc1)N1CCCC(C(=O)N2CCN(c3ccc(F)cc3)CC2)C1. The van der Waals surface area contributed by atoms with Gasteiger partial charge in [-0.15, -0.1) is 0 Å². The normalized spacial score (nSPS) is 20.3. The van der Waals surface area contributed by atoms with E-state index in [9.17, 15) is 14.0 Å². The van der Waals surface area contributed by atoms with Crippen LogP contribution in [0.1, 0.15) is 23.2 Å². The fraction of sp³-hybridized carbons (Fsp3) is 0.429. The van der Waals surface area contributed by atoms with E-state index < -0.39 is 0 Å². The van der Waals surface area contributed by atoms with Crippen molar-refractivity contribution in [3.05, 3.63) is 54.2 Å². The number of hydrogen-bond acceptors (Lipinski definition) is 4. The zero-order valence-corrected chi connectivity index (χ0v) is 15.7. The number of piperidine rings is 1. The first-order valence-corrected chi connectivity index (χ1v) is 9.72. The number of rotatable bonds is 3. The number of benzene rings is 1. The highest BCUT2D eigenvalue weighted by Gasteiger charge is 2.33. The second-order valence-electron chi connectivity index (χ2n) is 7.39. The molecule has 0 N–H and O–H groups in total. The number of likely N-dealkylation sites (tertiary alicyclic amines) is 1. The highest BCUT2D eigenvalue weighted by molar-refractivity contribution is 5.94. The third-order valence-corrected chi connectivity index (χ3v) is 5.61. The first kappa shape index (κ1) is 18.5. The highest BCUT2D eigenvalue weighted by atomic mass is 19.1. The molecule has 0 radical (unpaired) electrons. The molecule has 148 valence electrons. The second kappa shape index (κ2) is 8.04. The van der Waals surface area contributed by atoms with Gasteiger partial charge < -0.3 is 19.1 Å². The van der Waals surface area contributed by atoms with E-state index in [1.54, 1.807) is 23.1 Å². The lowest BCUT2D eigenvalue weighted by Gasteiger charge is -2.39. The van der Waals surface area contributed by atoms with E-state index in [0.717, 1.165) is 31.6 Å². The van der Waals surface area contributed by atoms with Crippen molar-refractivity contribution < 1.29 is 18.4 Å². The van der Waals surface area contributed by atoms with Gasteiger partial charge in [0.15, 0.2) is 0 Å². The molecule has 3 heterocycles. The van der Waals surface area contributed by atoms with Crippen LogP contribution in [0.3, 0.4) is 0 Å². The zero-order valence-electron chi connectivity index (χ0n) is 15.7. The smallest absolute Gasteiger partial charge is 0.257 e. The Bertz CT molecular complexity index is 814. The minimum absolute atomic E-state index is 0.0765. The van der Waals surface area contributed by atoms with E-state index in [1.165, 1.54) is 24.7 Å². The minimum atomic E-state index is -0.246. The average Bonchev–Trinajstić information content (AvgIpc) is 3.28. The molecule has 1 aromatic carbocycles. The molecule has 6 nitrogen and oxygen atoms in total. The van der Waals surface area contributed by atoms with E-state index in [4.69, 9.17) is 4.42 Å². The molecule has 2 aliphatic rings. The number of halogens is 1. The number of anilines is 1. The van der Waals surface area contributed by atoms with Crippen molar-refractivity contribution in [2.75, 3.05) is 44.2 Å². The van der Waals surface area contributed by atoms with Gasteiger partial charge in [0.1, 0.15) is 12.1 Å². The van der Waals surface area contributed by atoms with Gasteiger partial charge in [-0.1, -0.05) is 0 Å². The third kappa shape index (κ3) is 3.88. The van der Waals surface area contributed by atoms with Crippen LogP contribution < -0.4 is 4.90 Å². The molecule has 2 fully saturated rings. The van der Waals surface area contributed by atoms with Gasteiger partial charge in [0, 0.05) is 45.0 Å². The molecule has 2 aromatic rings. The Morgan fingerprint density at radius 3 is 2.39 bits per heavy atom. The van der Waals surface area contributed by atoms with Crippen LogP contribution in [0, 0.1) is 11.7 Å². The molecule has 0 aliphatic carbocycles. The Balaban J connectivity index is 1.33. The Morgan fingerprint density at radius 1 is 0.964 bits per heavy atom. The maximum Gasteiger partial charge on any atom is 0.257 e. The molecule has 7 heteroatoms. The minimum Gasteiger partial charge on any atom is -0.472 e. The number of carbonyl (C=O) groups is 2. The van der Waals surface area contributed by atoms with E-state index in [0.29, 0.717) is 31.7 Å². The summed E-state index contributed by atoms with van der Waals surface area (Å²) in [5.41, 5.74) is 1.50. The molecule has 28 heavy (non-hydrogen) atoms. The second-order valence-corrected chi connectivity index (χ2v) is 7.39. The van der Waals surface area contributed by atoms with Gasteiger partial charge in [-0.2, -0.15) is 0 Å². The maximum absolute atomic E-state index is 13.1. The van der Waals surface area contributed by atoms with E-state index >= 15 is 0 Å². The number of amides is 2. The fourth-order valence-electron chi connectivity index (χ4n) is 4.03. The molecule has 2 aliphatic heterocycles. The van der Waals surface area contributed by atoms with Gasteiger partial charge in [0.25, 0.3) is 5.91 Å². The summed E-state index contributed by atoms with van der Waals surface area (Å²) in [6, 6.07) is 8.12. The van der Waals surface area contributed by atoms with Gasteiger partial charge in [-0.3, -0.25) is 9.59 Å². The van der Waals surface area contributed by atoms with Gasteiger partial charge in [0.2, 0.25) is 5.91 Å². The van der Waals surface area contributed by atoms with E-state index in [2.05, 4.69) is 4.90 Å². The topological polar surface area (TPSA) is 57.0 Å². The lowest BCUT2D eigenvalue weighted by molar-refractivity contribution is -0.137. The van der Waals surface area contributed by atoms with Crippen molar-refractivity contribution in [1.82, 2.24) is 9.80 Å². The molecule has 2 amide bonds. The molecular formula is C21H24FN3O3. The largest absolute Gasteiger partial charge is 0.472 e.